The van der Waals surface area contributed by atoms with Crippen molar-refractivity contribution in [3.63, 3.8) is 0 Å². The standard InChI is InChI=1S/C19H33NO4/c1-4-23-19-15(9-8-12-21)16(14(2)3)13-17(24-19)18(22)20-10-6-5-7-11-20/h13-16,19,21H,4-12H2,1-3H3/t15-,16+,19+/m0/s1. The molecular weight excluding hydrogens is 306 g/mol. The van der Waals surface area contributed by atoms with E-state index in [0.717, 1.165) is 38.8 Å². The summed E-state index contributed by atoms with van der Waals surface area (Å²) < 4.78 is 11.8. The summed E-state index contributed by atoms with van der Waals surface area (Å²) in [5, 5.41) is 9.19. The molecule has 5 nitrogen and oxygen atoms in total. The Morgan fingerprint density at radius 1 is 1.38 bits per heavy atom. The van der Waals surface area contributed by atoms with Gasteiger partial charge in [0.2, 0.25) is 6.29 Å². The van der Waals surface area contributed by atoms with Gasteiger partial charge in [-0.1, -0.05) is 13.8 Å². The molecule has 1 fully saturated rings. The van der Waals surface area contributed by atoms with Gasteiger partial charge < -0.3 is 19.5 Å². The van der Waals surface area contributed by atoms with Gasteiger partial charge in [0.05, 0.1) is 0 Å². The van der Waals surface area contributed by atoms with Gasteiger partial charge in [-0.2, -0.15) is 0 Å². The fourth-order valence-electron chi connectivity index (χ4n) is 3.77. The third-order valence-electron chi connectivity index (χ3n) is 5.08. The minimum Gasteiger partial charge on any atom is -0.459 e. The lowest BCUT2D eigenvalue weighted by Gasteiger charge is -2.39. The molecule has 138 valence electrons. The van der Waals surface area contributed by atoms with Crippen molar-refractivity contribution in [1.82, 2.24) is 4.90 Å². The molecule has 0 aromatic rings. The van der Waals surface area contributed by atoms with Gasteiger partial charge in [0.15, 0.2) is 5.76 Å². The molecule has 1 N–H and O–H groups in total. The Bertz CT molecular complexity index is 429. The molecule has 2 aliphatic rings. The van der Waals surface area contributed by atoms with Gasteiger partial charge in [0.1, 0.15) is 0 Å². The second kappa shape index (κ2) is 9.42. The number of allylic oxidation sites excluding steroid dienone is 1. The quantitative estimate of drug-likeness (QED) is 0.775. The van der Waals surface area contributed by atoms with Gasteiger partial charge in [-0.15, -0.1) is 0 Å². The van der Waals surface area contributed by atoms with Crippen molar-refractivity contribution < 1.29 is 19.4 Å². The zero-order valence-corrected chi connectivity index (χ0v) is 15.4. The molecule has 0 unspecified atom stereocenters. The first-order chi connectivity index (χ1) is 11.6. The topological polar surface area (TPSA) is 59.0 Å². The smallest absolute Gasteiger partial charge is 0.288 e. The van der Waals surface area contributed by atoms with E-state index in [4.69, 9.17) is 9.47 Å². The van der Waals surface area contributed by atoms with E-state index < -0.39 is 6.29 Å². The van der Waals surface area contributed by atoms with Gasteiger partial charge in [0.25, 0.3) is 5.91 Å². The van der Waals surface area contributed by atoms with Crippen molar-refractivity contribution >= 4 is 5.91 Å². The molecule has 1 saturated heterocycles. The van der Waals surface area contributed by atoms with Crippen LogP contribution in [0.15, 0.2) is 11.8 Å². The fourth-order valence-corrected chi connectivity index (χ4v) is 3.77. The average Bonchev–Trinajstić information content (AvgIpc) is 2.60. The second-order valence-electron chi connectivity index (χ2n) is 7.18. The maximum absolute atomic E-state index is 12.8. The normalized spacial score (nSPS) is 27.8. The molecule has 0 bridgehead atoms. The van der Waals surface area contributed by atoms with Gasteiger partial charge in [-0.3, -0.25) is 4.79 Å². The maximum Gasteiger partial charge on any atom is 0.288 e. The number of carbonyl (C=O) groups is 1. The van der Waals surface area contributed by atoms with Crippen LogP contribution >= 0.6 is 0 Å². The van der Waals surface area contributed by atoms with E-state index in [9.17, 15) is 9.90 Å². The molecule has 2 aliphatic heterocycles. The molecule has 24 heavy (non-hydrogen) atoms. The zero-order chi connectivity index (χ0) is 17.5. The third kappa shape index (κ3) is 4.73. The lowest BCUT2D eigenvalue weighted by molar-refractivity contribution is -0.178. The first-order valence-corrected chi connectivity index (χ1v) is 9.48. The van der Waals surface area contributed by atoms with Crippen LogP contribution in [0, 0.1) is 17.8 Å². The predicted molar refractivity (Wildman–Crippen MR) is 93.2 cm³/mol. The molecule has 0 aromatic carbocycles. The lowest BCUT2D eigenvalue weighted by atomic mass is 9.78. The lowest BCUT2D eigenvalue weighted by Crippen LogP contribution is -2.43. The van der Waals surface area contributed by atoms with Crippen molar-refractivity contribution in [3.05, 3.63) is 11.8 Å². The van der Waals surface area contributed by atoms with Crippen LogP contribution in [0.3, 0.4) is 0 Å². The summed E-state index contributed by atoms with van der Waals surface area (Å²) in [5.74, 6) is 1.25. The number of aliphatic hydroxyl groups is 1. The molecule has 0 aromatic heterocycles. The summed E-state index contributed by atoms with van der Waals surface area (Å²) in [6.07, 6.45) is 6.52. The van der Waals surface area contributed by atoms with Crippen LogP contribution in [-0.2, 0) is 14.3 Å². The summed E-state index contributed by atoms with van der Waals surface area (Å²) >= 11 is 0. The highest BCUT2D eigenvalue weighted by molar-refractivity contribution is 5.91. The zero-order valence-electron chi connectivity index (χ0n) is 15.4. The Hall–Kier alpha value is -1.07. The van der Waals surface area contributed by atoms with Crippen LogP contribution in [0.4, 0.5) is 0 Å². The monoisotopic (exact) mass is 339 g/mol. The molecule has 2 rings (SSSR count). The van der Waals surface area contributed by atoms with Gasteiger partial charge in [-0.25, -0.2) is 0 Å². The van der Waals surface area contributed by atoms with E-state index in [1.54, 1.807) is 0 Å². The van der Waals surface area contributed by atoms with Crippen molar-refractivity contribution in [2.75, 3.05) is 26.3 Å². The third-order valence-corrected chi connectivity index (χ3v) is 5.08. The number of rotatable bonds is 7. The number of nitrogens with zero attached hydrogens (tertiary/aromatic N) is 1. The summed E-state index contributed by atoms with van der Waals surface area (Å²) in [7, 11) is 0. The Morgan fingerprint density at radius 2 is 2.08 bits per heavy atom. The van der Waals surface area contributed by atoms with Crippen LogP contribution in [0.1, 0.15) is 52.9 Å². The fraction of sp³-hybridized carbons (Fsp3) is 0.842. The average molecular weight is 339 g/mol. The minimum atomic E-state index is -0.400. The molecule has 0 aliphatic carbocycles. The van der Waals surface area contributed by atoms with Crippen LogP contribution in [0.25, 0.3) is 0 Å². The largest absolute Gasteiger partial charge is 0.459 e. The molecular formula is C19H33NO4. The summed E-state index contributed by atoms with van der Waals surface area (Å²) in [6.45, 7) is 8.65. The van der Waals surface area contributed by atoms with E-state index in [1.165, 1.54) is 6.42 Å². The highest BCUT2D eigenvalue weighted by Gasteiger charge is 2.39. The number of amides is 1. The van der Waals surface area contributed by atoms with Gasteiger partial charge >= 0.3 is 0 Å². The van der Waals surface area contributed by atoms with E-state index in [0.29, 0.717) is 18.3 Å². The highest BCUT2D eigenvalue weighted by atomic mass is 16.7. The first-order valence-electron chi connectivity index (χ1n) is 9.48. The van der Waals surface area contributed by atoms with E-state index >= 15 is 0 Å². The van der Waals surface area contributed by atoms with Gasteiger partial charge in [-0.05, 0) is 56.9 Å². The Labute approximate surface area is 146 Å². The molecule has 1 amide bonds. The number of ether oxygens (including phenoxy) is 2. The van der Waals surface area contributed by atoms with Crippen LogP contribution in [-0.4, -0.2) is 48.5 Å². The number of hydrogen-bond acceptors (Lipinski definition) is 4. The predicted octanol–water partition coefficient (Wildman–Crippen LogP) is 2.94. The van der Waals surface area contributed by atoms with Crippen LogP contribution < -0.4 is 0 Å². The van der Waals surface area contributed by atoms with Crippen molar-refractivity contribution in [2.45, 2.75) is 59.2 Å². The second-order valence-corrected chi connectivity index (χ2v) is 7.18. The summed E-state index contributed by atoms with van der Waals surface area (Å²) in [4.78, 5) is 14.7. The van der Waals surface area contributed by atoms with E-state index in [-0.39, 0.29) is 24.3 Å². The van der Waals surface area contributed by atoms with Gasteiger partial charge in [0, 0.05) is 32.2 Å². The number of piperidine rings is 1. The number of hydrogen-bond donors (Lipinski definition) is 1. The van der Waals surface area contributed by atoms with Crippen LogP contribution in [0.5, 0.6) is 0 Å². The number of likely N-dealkylation sites (tertiary alicyclic amines) is 1. The van der Waals surface area contributed by atoms with Crippen LogP contribution in [0.2, 0.25) is 0 Å². The van der Waals surface area contributed by atoms with Crippen molar-refractivity contribution in [3.8, 4) is 0 Å². The minimum absolute atomic E-state index is 0.00524. The van der Waals surface area contributed by atoms with E-state index in [1.807, 2.05) is 17.9 Å². The molecule has 0 saturated carbocycles. The number of carbonyl (C=O) groups excluding carboxylic acids is 1. The molecule has 2 heterocycles. The SMILES string of the molecule is CCO[C@@H]1OC(C(=O)N2CCCCC2)=C[C@H](C(C)C)[C@@H]1CCCO. The van der Waals surface area contributed by atoms with Crippen molar-refractivity contribution in [1.29, 1.82) is 0 Å². The molecule has 0 spiro atoms. The summed E-state index contributed by atoms with van der Waals surface area (Å²) in [5.41, 5.74) is 0. The first kappa shape index (κ1) is 19.3. The molecule has 5 heteroatoms. The Balaban J connectivity index is 2.19. The maximum atomic E-state index is 12.8. The summed E-state index contributed by atoms with van der Waals surface area (Å²) in [6, 6.07) is 0. The Morgan fingerprint density at radius 3 is 2.67 bits per heavy atom. The molecule has 3 atom stereocenters. The number of aliphatic hydroxyl groups excluding tert-OH is 1. The van der Waals surface area contributed by atoms with Crippen molar-refractivity contribution in [2.24, 2.45) is 17.8 Å². The Kier molecular flexibility index (Phi) is 7.56. The highest BCUT2D eigenvalue weighted by Crippen LogP contribution is 2.37. The van der Waals surface area contributed by atoms with E-state index in [2.05, 4.69) is 13.8 Å². The molecule has 0 radical (unpaired) electrons.